The van der Waals surface area contributed by atoms with Gasteiger partial charge in [0.15, 0.2) is 0 Å². The monoisotopic (exact) mass is 343 g/mol. The third-order valence-electron chi connectivity index (χ3n) is 4.13. The number of fused-ring (bicyclic) bond motifs is 1. The van der Waals surface area contributed by atoms with Gasteiger partial charge in [-0.3, -0.25) is 9.78 Å². The highest BCUT2D eigenvalue weighted by molar-refractivity contribution is 5.96. The largest absolute Gasteiger partial charge is 0.399 e. The van der Waals surface area contributed by atoms with Crippen LogP contribution in [0.15, 0.2) is 61.2 Å². The number of pyridine rings is 2. The predicted octanol–water partition coefficient (Wildman–Crippen LogP) is 3.83. The lowest BCUT2D eigenvalue weighted by molar-refractivity contribution is -0.114. The number of nitrogen functional groups attached to an aromatic ring is 1. The summed E-state index contributed by atoms with van der Waals surface area (Å²) in [7, 11) is 0. The molecule has 3 heterocycles. The van der Waals surface area contributed by atoms with Crippen molar-refractivity contribution in [1.82, 2.24) is 15.0 Å². The van der Waals surface area contributed by atoms with E-state index in [-0.39, 0.29) is 5.91 Å². The summed E-state index contributed by atoms with van der Waals surface area (Å²) >= 11 is 0. The molecule has 0 aliphatic heterocycles. The Morgan fingerprint density at radius 3 is 2.65 bits per heavy atom. The highest BCUT2D eigenvalue weighted by atomic mass is 16.1. The first-order valence-corrected chi connectivity index (χ1v) is 8.16. The number of anilines is 2. The molecule has 1 aromatic carbocycles. The molecule has 6 nitrogen and oxygen atoms in total. The summed E-state index contributed by atoms with van der Waals surface area (Å²) in [6.07, 6.45) is 7.27. The van der Waals surface area contributed by atoms with Crippen molar-refractivity contribution in [2.75, 3.05) is 11.1 Å². The molecule has 0 saturated carbocycles. The summed E-state index contributed by atoms with van der Waals surface area (Å²) in [6, 6.07) is 11.5. The average Bonchev–Trinajstić information content (AvgIpc) is 3.04. The van der Waals surface area contributed by atoms with E-state index in [0.717, 1.165) is 33.3 Å². The molecular weight excluding hydrogens is 326 g/mol. The molecule has 0 aliphatic carbocycles. The predicted molar refractivity (Wildman–Crippen MR) is 103 cm³/mol. The molecule has 4 aromatic rings. The highest BCUT2D eigenvalue weighted by Crippen LogP contribution is 2.32. The average molecular weight is 343 g/mol. The minimum absolute atomic E-state index is 0.138. The Labute approximate surface area is 150 Å². The maximum absolute atomic E-state index is 11.3. The van der Waals surface area contributed by atoms with Crippen molar-refractivity contribution in [3.05, 3.63) is 61.2 Å². The minimum Gasteiger partial charge on any atom is -0.399 e. The summed E-state index contributed by atoms with van der Waals surface area (Å²) in [5.41, 5.74) is 12.0. The summed E-state index contributed by atoms with van der Waals surface area (Å²) in [5, 5.41) is 3.78. The molecule has 0 spiro atoms. The highest BCUT2D eigenvalue weighted by Gasteiger charge is 2.10. The molecule has 0 radical (unpaired) electrons. The number of nitrogens with one attached hydrogen (secondary N) is 2. The molecule has 6 heteroatoms. The number of H-pyrrole nitrogens is 1. The van der Waals surface area contributed by atoms with Gasteiger partial charge < -0.3 is 16.0 Å². The zero-order chi connectivity index (χ0) is 18.1. The fourth-order valence-corrected chi connectivity index (χ4v) is 3.03. The first-order valence-electron chi connectivity index (χ1n) is 8.16. The van der Waals surface area contributed by atoms with Gasteiger partial charge in [0.25, 0.3) is 0 Å². The second-order valence-electron chi connectivity index (χ2n) is 6.08. The number of amides is 1. The van der Waals surface area contributed by atoms with E-state index < -0.39 is 0 Å². The van der Waals surface area contributed by atoms with Gasteiger partial charge in [-0.15, -0.1) is 0 Å². The van der Waals surface area contributed by atoms with Crippen LogP contribution in [0.3, 0.4) is 0 Å². The number of hydrogen-bond acceptors (Lipinski definition) is 4. The van der Waals surface area contributed by atoms with Crippen molar-refractivity contribution < 1.29 is 4.79 Å². The van der Waals surface area contributed by atoms with Crippen LogP contribution in [0.1, 0.15) is 6.92 Å². The first-order chi connectivity index (χ1) is 12.6. The quantitative estimate of drug-likeness (QED) is 0.492. The molecule has 1 amide bonds. The van der Waals surface area contributed by atoms with Crippen molar-refractivity contribution >= 4 is 28.3 Å². The number of benzene rings is 1. The Morgan fingerprint density at radius 1 is 1.08 bits per heavy atom. The molecule has 0 saturated heterocycles. The second-order valence-corrected chi connectivity index (χ2v) is 6.08. The Balaban J connectivity index is 1.83. The number of aromatic nitrogens is 3. The lowest BCUT2D eigenvalue weighted by atomic mass is 10.0. The fraction of sp³-hybridized carbons (Fsp3) is 0.0500. The van der Waals surface area contributed by atoms with Gasteiger partial charge in [0, 0.05) is 59.6 Å². The van der Waals surface area contributed by atoms with E-state index in [4.69, 9.17) is 5.73 Å². The topological polar surface area (TPSA) is 96.7 Å². The van der Waals surface area contributed by atoms with E-state index in [9.17, 15) is 4.79 Å². The normalized spacial score (nSPS) is 10.8. The molecule has 0 atom stereocenters. The summed E-state index contributed by atoms with van der Waals surface area (Å²) in [5.74, 6) is -0.138. The molecule has 0 fully saturated rings. The number of carbonyl (C=O) groups is 1. The molecule has 4 N–H and O–H groups in total. The molecule has 4 rings (SSSR count). The van der Waals surface area contributed by atoms with Crippen LogP contribution in [0.4, 0.5) is 11.4 Å². The number of aromatic amines is 1. The van der Waals surface area contributed by atoms with Crippen molar-refractivity contribution in [3.8, 4) is 22.3 Å². The fourth-order valence-electron chi connectivity index (χ4n) is 3.03. The van der Waals surface area contributed by atoms with E-state index in [1.54, 1.807) is 24.7 Å². The van der Waals surface area contributed by atoms with Crippen LogP contribution in [0.5, 0.6) is 0 Å². The van der Waals surface area contributed by atoms with Crippen molar-refractivity contribution in [1.29, 1.82) is 0 Å². The van der Waals surface area contributed by atoms with Crippen LogP contribution in [0, 0.1) is 0 Å². The summed E-state index contributed by atoms with van der Waals surface area (Å²) in [4.78, 5) is 23.1. The Hall–Kier alpha value is -3.67. The second kappa shape index (κ2) is 6.33. The molecular formula is C20H17N5O. The number of nitrogens with zero attached hydrogens (tertiary/aromatic N) is 2. The Kier molecular flexibility index (Phi) is 3.85. The molecule has 3 aromatic heterocycles. The van der Waals surface area contributed by atoms with E-state index in [0.29, 0.717) is 11.4 Å². The van der Waals surface area contributed by atoms with Crippen molar-refractivity contribution in [2.24, 2.45) is 0 Å². The lowest BCUT2D eigenvalue weighted by Crippen LogP contribution is -2.06. The minimum atomic E-state index is -0.138. The van der Waals surface area contributed by atoms with Crippen molar-refractivity contribution in [3.63, 3.8) is 0 Å². The number of nitrogens with two attached hydrogens (primary N) is 1. The van der Waals surface area contributed by atoms with Gasteiger partial charge in [0.1, 0.15) is 5.65 Å². The number of hydrogen-bond donors (Lipinski definition) is 3. The smallest absolute Gasteiger partial charge is 0.221 e. The van der Waals surface area contributed by atoms with Crippen molar-refractivity contribution in [2.45, 2.75) is 6.92 Å². The van der Waals surface area contributed by atoms with E-state index >= 15 is 0 Å². The lowest BCUT2D eigenvalue weighted by Gasteiger charge is -2.08. The van der Waals surface area contributed by atoms with Crippen LogP contribution in [0.2, 0.25) is 0 Å². The standard InChI is InChI=1S/C20H17N5O/c1-12(26)25-17-7-14(6-16(21)9-17)15-8-18-19(11-24-20(18)23-10-15)13-2-4-22-5-3-13/h2-11H,21H2,1H3,(H,23,24)(H,25,26). The SMILES string of the molecule is CC(=O)Nc1cc(N)cc(-c2cnc3[nH]cc(-c4ccncc4)c3c2)c1. The maximum Gasteiger partial charge on any atom is 0.221 e. The van der Waals surface area contributed by atoms with E-state index in [2.05, 4.69) is 26.3 Å². The van der Waals surface area contributed by atoms with Gasteiger partial charge in [-0.05, 0) is 47.5 Å². The third-order valence-corrected chi connectivity index (χ3v) is 4.13. The summed E-state index contributed by atoms with van der Waals surface area (Å²) < 4.78 is 0. The van der Waals surface area contributed by atoms with Gasteiger partial charge in [-0.2, -0.15) is 0 Å². The van der Waals surface area contributed by atoms with Gasteiger partial charge in [0.2, 0.25) is 5.91 Å². The molecule has 26 heavy (non-hydrogen) atoms. The van der Waals surface area contributed by atoms with E-state index in [1.165, 1.54) is 6.92 Å². The molecule has 128 valence electrons. The van der Waals surface area contributed by atoms with Gasteiger partial charge >= 0.3 is 0 Å². The maximum atomic E-state index is 11.3. The first kappa shape index (κ1) is 15.8. The van der Waals surface area contributed by atoms with Crippen LogP contribution in [-0.2, 0) is 4.79 Å². The van der Waals surface area contributed by atoms with Gasteiger partial charge in [0.05, 0.1) is 0 Å². The Morgan fingerprint density at radius 2 is 1.88 bits per heavy atom. The van der Waals surface area contributed by atoms with E-state index in [1.807, 2.05) is 30.5 Å². The van der Waals surface area contributed by atoms with Gasteiger partial charge in [-0.1, -0.05) is 0 Å². The molecule has 0 unspecified atom stereocenters. The zero-order valence-electron chi connectivity index (χ0n) is 14.2. The zero-order valence-corrected chi connectivity index (χ0v) is 14.2. The number of rotatable bonds is 3. The molecule has 0 bridgehead atoms. The van der Waals surface area contributed by atoms with Gasteiger partial charge in [-0.25, -0.2) is 4.98 Å². The van der Waals surface area contributed by atoms with Crippen LogP contribution in [0.25, 0.3) is 33.3 Å². The van der Waals surface area contributed by atoms with Crippen LogP contribution >= 0.6 is 0 Å². The number of carbonyl (C=O) groups excluding carboxylic acids is 1. The van der Waals surface area contributed by atoms with Crippen LogP contribution in [-0.4, -0.2) is 20.9 Å². The molecule has 0 aliphatic rings. The summed E-state index contributed by atoms with van der Waals surface area (Å²) in [6.45, 7) is 1.47. The Bertz CT molecular complexity index is 1100. The third kappa shape index (κ3) is 3.00. The van der Waals surface area contributed by atoms with Crippen LogP contribution < -0.4 is 11.1 Å².